The van der Waals surface area contributed by atoms with Crippen molar-refractivity contribution < 1.29 is 4.79 Å². The van der Waals surface area contributed by atoms with Crippen LogP contribution in [-0.2, 0) is 11.3 Å². The number of nitrogens with one attached hydrogen (secondary N) is 2. The second-order valence-corrected chi connectivity index (χ2v) is 5.47. The summed E-state index contributed by atoms with van der Waals surface area (Å²) in [6.07, 6.45) is 2.73. The number of benzene rings is 1. The molecule has 1 aromatic carbocycles. The lowest BCUT2D eigenvalue weighted by atomic mass is 10.1. The maximum Gasteiger partial charge on any atom is 0.216 e. The Morgan fingerprint density at radius 1 is 1.30 bits per heavy atom. The van der Waals surface area contributed by atoms with Gasteiger partial charge >= 0.3 is 0 Å². The van der Waals surface area contributed by atoms with Crippen LogP contribution in [0.25, 0.3) is 10.9 Å². The summed E-state index contributed by atoms with van der Waals surface area (Å²) in [6.45, 7) is 3.89. The third-order valence-electron chi connectivity index (χ3n) is 3.02. The molecule has 1 aromatic heterocycles. The van der Waals surface area contributed by atoms with Crippen LogP contribution >= 0.6 is 15.9 Å². The fraction of sp³-hybridized carbons (Fsp3) is 0.333. The normalized spacial score (nSPS) is 10.7. The zero-order valence-corrected chi connectivity index (χ0v) is 13.0. The number of amides is 1. The van der Waals surface area contributed by atoms with Crippen LogP contribution in [0.3, 0.4) is 0 Å². The van der Waals surface area contributed by atoms with E-state index < -0.39 is 0 Å². The molecule has 0 atom stereocenters. The van der Waals surface area contributed by atoms with Gasteiger partial charge in [-0.3, -0.25) is 9.78 Å². The predicted molar refractivity (Wildman–Crippen MR) is 84.5 cm³/mol. The number of fused-ring (bicyclic) bond motifs is 1. The van der Waals surface area contributed by atoms with Crippen molar-refractivity contribution in [1.82, 2.24) is 15.6 Å². The minimum Gasteiger partial charge on any atom is -0.356 e. The molecular formula is C15H18BrN3O. The molecule has 0 aliphatic rings. The molecule has 0 unspecified atom stereocenters. The van der Waals surface area contributed by atoms with E-state index in [2.05, 4.69) is 49.7 Å². The molecule has 20 heavy (non-hydrogen) atoms. The van der Waals surface area contributed by atoms with E-state index in [-0.39, 0.29) is 5.91 Å². The quantitative estimate of drug-likeness (QED) is 0.798. The number of rotatable bonds is 6. The van der Waals surface area contributed by atoms with Crippen LogP contribution in [0.15, 0.2) is 34.9 Å². The van der Waals surface area contributed by atoms with E-state index in [1.807, 2.05) is 12.3 Å². The van der Waals surface area contributed by atoms with Gasteiger partial charge in [-0.1, -0.05) is 28.1 Å². The van der Waals surface area contributed by atoms with Gasteiger partial charge in [0.2, 0.25) is 5.91 Å². The number of carbonyl (C=O) groups is 1. The summed E-state index contributed by atoms with van der Waals surface area (Å²) in [7, 11) is 0. The summed E-state index contributed by atoms with van der Waals surface area (Å²) in [6, 6.07) is 8.14. The maximum atomic E-state index is 10.7. The molecule has 0 spiro atoms. The van der Waals surface area contributed by atoms with Gasteiger partial charge in [-0.15, -0.1) is 0 Å². The van der Waals surface area contributed by atoms with Crippen molar-refractivity contribution in [3.63, 3.8) is 0 Å². The molecule has 2 aromatic rings. The Bertz CT molecular complexity index is 601. The van der Waals surface area contributed by atoms with Gasteiger partial charge in [-0.25, -0.2) is 0 Å². The third kappa shape index (κ3) is 4.02. The smallest absolute Gasteiger partial charge is 0.216 e. The van der Waals surface area contributed by atoms with Gasteiger partial charge in [0, 0.05) is 36.1 Å². The van der Waals surface area contributed by atoms with Crippen LogP contribution in [-0.4, -0.2) is 24.0 Å². The third-order valence-corrected chi connectivity index (χ3v) is 3.71. The minimum atomic E-state index is 0.0214. The van der Waals surface area contributed by atoms with Crippen molar-refractivity contribution >= 4 is 32.7 Å². The zero-order valence-electron chi connectivity index (χ0n) is 11.4. The Morgan fingerprint density at radius 3 is 2.95 bits per heavy atom. The monoisotopic (exact) mass is 335 g/mol. The first-order valence-electron chi connectivity index (χ1n) is 6.66. The number of aromatic nitrogens is 1. The summed E-state index contributed by atoms with van der Waals surface area (Å²) >= 11 is 3.55. The Balaban J connectivity index is 1.90. The molecule has 1 heterocycles. The molecule has 2 rings (SSSR count). The van der Waals surface area contributed by atoms with Crippen molar-refractivity contribution in [3.05, 3.63) is 40.5 Å². The van der Waals surface area contributed by atoms with Crippen molar-refractivity contribution in [1.29, 1.82) is 0 Å². The van der Waals surface area contributed by atoms with Crippen LogP contribution in [0.5, 0.6) is 0 Å². The predicted octanol–water partition coefficient (Wildman–Crippen LogP) is 2.61. The Hall–Kier alpha value is -1.46. The van der Waals surface area contributed by atoms with Crippen LogP contribution in [0.2, 0.25) is 0 Å². The van der Waals surface area contributed by atoms with E-state index in [0.717, 1.165) is 34.9 Å². The molecule has 0 aliphatic carbocycles. The van der Waals surface area contributed by atoms with Gasteiger partial charge in [0.1, 0.15) is 0 Å². The van der Waals surface area contributed by atoms with Crippen molar-refractivity contribution in [2.24, 2.45) is 0 Å². The summed E-state index contributed by atoms with van der Waals surface area (Å²) in [5.41, 5.74) is 2.21. The van der Waals surface area contributed by atoms with Crippen molar-refractivity contribution in [2.75, 3.05) is 13.1 Å². The molecule has 0 saturated heterocycles. The Labute approximate surface area is 127 Å². The standard InChI is InChI=1S/C15H18BrN3O/c1-11(20)18-9-3-7-17-10-12-5-6-14(16)13-4-2-8-19-15(12)13/h2,4-6,8,17H,3,7,9-10H2,1H3,(H,18,20). The fourth-order valence-electron chi connectivity index (χ4n) is 2.04. The van der Waals surface area contributed by atoms with Crippen LogP contribution in [0.1, 0.15) is 18.9 Å². The second-order valence-electron chi connectivity index (χ2n) is 4.62. The molecule has 4 nitrogen and oxygen atoms in total. The van der Waals surface area contributed by atoms with E-state index in [9.17, 15) is 4.79 Å². The van der Waals surface area contributed by atoms with Gasteiger partial charge in [0.15, 0.2) is 0 Å². The molecule has 106 valence electrons. The molecule has 1 amide bonds. The summed E-state index contributed by atoms with van der Waals surface area (Å²) in [5.74, 6) is 0.0214. The first-order valence-corrected chi connectivity index (χ1v) is 7.45. The highest BCUT2D eigenvalue weighted by atomic mass is 79.9. The molecule has 0 radical (unpaired) electrons. The second kappa shape index (κ2) is 7.36. The molecule has 5 heteroatoms. The molecular weight excluding hydrogens is 318 g/mol. The Morgan fingerprint density at radius 2 is 2.15 bits per heavy atom. The van der Waals surface area contributed by atoms with E-state index in [1.165, 1.54) is 12.5 Å². The van der Waals surface area contributed by atoms with E-state index in [0.29, 0.717) is 6.54 Å². The lowest BCUT2D eigenvalue weighted by molar-refractivity contribution is -0.118. The number of carbonyl (C=O) groups excluding carboxylic acids is 1. The van der Waals surface area contributed by atoms with E-state index >= 15 is 0 Å². The number of halogens is 1. The van der Waals surface area contributed by atoms with Crippen molar-refractivity contribution in [2.45, 2.75) is 19.9 Å². The highest BCUT2D eigenvalue weighted by Crippen LogP contribution is 2.24. The Kier molecular flexibility index (Phi) is 5.49. The average molecular weight is 336 g/mol. The zero-order chi connectivity index (χ0) is 14.4. The molecule has 0 fully saturated rings. The maximum absolute atomic E-state index is 10.7. The molecule has 0 aliphatic heterocycles. The molecule has 0 bridgehead atoms. The first kappa shape index (κ1) is 14.9. The van der Waals surface area contributed by atoms with Gasteiger partial charge in [0.05, 0.1) is 5.52 Å². The van der Waals surface area contributed by atoms with E-state index in [1.54, 1.807) is 0 Å². The molecule has 2 N–H and O–H groups in total. The largest absolute Gasteiger partial charge is 0.356 e. The number of pyridine rings is 1. The van der Waals surface area contributed by atoms with Crippen LogP contribution < -0.4 is 10.6 Å². The minimum absolute atomic E-state index is 0.0214. The van der Waals surface area contributed by atoms with Crippen molar-refractivity contribution in [3.8, 4) is 0 Å². The fourth-order valence-corrected chi connectivity index (χ4v) is 2.49. The average Bonchev–Trinajstić information content (AvgIpc) is 2.45. The van der Waals surface area contributed by atoms with Gasteiger partial charge in [0.25, 0.3) is 0 Å². The highest BCUT2D eigenvalue weighted by Gasteiger charge is 2.04. The highest BCUT2D eigenvalue weighted by molar-refractivity contribution is 9.10. The number of hydrogen-bond acceptors (Lipinski definition) is 3. The first-order chi connectivity index (χ1) is 9.68. The SMILES string of the molecule is CC(=O)NCCCNCc1ccc(Br)c2cccnc12. The van der Waals surface area contributed by atoms with Gasteiger partial charge in [-0.2, -0.15) is 0 Å². The lowest BCUT2D eigenvalue weighted by Gasteiger charge is -2.09. The molecule has 0 saturated carbocycles. The van der Waals surface area contributed by atoms with Crippen LogP contribution in [0, 0.1) is 0 Å². The summed E-state index contributed by atoms with van der Waals surface area (Å²) in [5, 5.41) is 7.29. The van der Waals surface area contributed by atoms with Gasteiger partial charge < -0.3 is 10.6 Å². The number of hydrogen-bond donors (Lipinski definition) is 2. The van der Waals surface area contributed by atoms with Crippen LogP contribution in [0.4, 0.5) is 0 Å². The summed E-state index contributed by atoms with van der Waals surface area (Å²) < 4.78 is 1.06. The lowest BCUT2D eigenvalue weighted by Crippen LogP contribution is -2.25. The number of nitrogens with zero attached hydrogens (tertiary/aromatic N) is 1. The van der Waals surface area contributed by atoms with Gasteiger partial charge in [-0.05, 0) is 30.7 Å². The summed E-state index contributed by atoms with van der Waals surface area (Å²) in [4.78, 5) is 15.2. The van der Waals surface area contributed by atoms with E-state index in [4.69, 9.17) is 0 Å². The topological polar surface area (TPSA) is 54.0 Å².